The molecule has 8 nitrogen and oxygen atoms in total. The van der Waals surface area contributed by atoms with Crippen LogP contribution in [0.2, 0.25) is 0 Å². The topological polar surface area (TPSA) is 120 Å². The van der Waals surface area contributed by atoms with Gasteiger partial charge in [-0.1, -0.05) is 12.1 Å². The molecule has 0 atom stereocenters. The first kappa shape index (κ1) is 14.2. The van der Waals surface area contributed by atoms with Gasteiger partial charge in [-0.15, -0.1) is 5.10 Å². The predicted molar refractivity (Wildman–Crippen MR) is 70.0 cm³/mol. The zero-order valence-electron chi connectivity index (χ0n) is 10.6. The van der Waals surface area contributed by atoms with Gasteiger partial charge in [0.25, 0.3) is 5.91 Å². The van der Waals surface area contributed by atoms with Crippen LogP contribution in [0.1, 0.15) is 16.1 Å². The first-order valence-electron chi connectivity index (χ1n) is 5.62. The fourth-order valence-electron chi connectivity index (χ4n) is 1.52. The molecule has 106 valence electrons. The minimum Gasteiger partial charge on any atom is -0.347 e. The van der Waals surface area contributed by atoms with Crippen LogP contribution >= 0.6 is 0 Å². The van der Waals surface area contributed by atoms with Crippen LogP contribution in [0.5, 0.6) is 0 Å². The predicted octanol–water partition coefficient (Wildman–Crippen LogP) is -0.607. The van der Waals surface area contributed by atoms with Crippen LogP contribution in [0.4, 0.5) is 0 Å². The molecule has 1 aromatic heterocycles. The highest BCUT2D eigenvalue weighted by Gasteiger charge is 2.10. The number of aryl methyl sites for hydroxylation is 1. The summed E-state index contributed by atoms with van der Waals surface area (Å²) in [5, 5.41) is 15.3. The van der Waals surface area contributed by atoms with Gasteiger partial charge in [0.1, 0.15) is 0 Å². The van der Waals surface area contributed by atoms with Crippen LogP contribution in [-0.2, 0) is 23.6 Å². The van der Waals surface area contributed by atoms with Crippen LogP contribution in [0, 0.1) is 0 Å². The van der Waals surface area contributed by atoms with Gasteiger partial charge in [-0.05, 0) is 17.7 Å². The number of benzene rings is 1. The molecule has 1 aromatic carbocycles. The third-order valence-corrected chi connectivity index (χ3v) is 3.47. The quantitative estimate of drug-likeness (QED) is 0.779. The van der Waals surface area contributed by atoms with Crippen molar-refractivity contribution in [1.82, 2.24) is 20.3 Å². The average molecular weight is 295 g/mol. The van der Waals surface area contributed by atoms with Gasteiger partial charge in [0.2, 0.25) is 10.0 Å². The highest BCUT2D eigenvalue weighted by molar-refractivity contribution is 7.89. The molecule has 0 radical (unpaired) electrons. The van der Waals surface area contributed by atoms with Crippen molar-refractivity contribution in [2.45, 2.75) is 11.4 Å². The third-order valence-electron chi connectivity index (χ3n) is 2.54. The Morgan fingerprint density at radius 2 is 2.00 bits per heavy atom. The smallest absolute Gasteiger partial charge is 0.273 e. The zero-order chi connectivity index (χ0) is 14.8. The van der Waals surface area contributed by atoms with Crippen molar-refractivity contribution in [1.29, 1.82) is 0 Å². The first-order valence-corrected chi connectivity index (χ1v) is 7.17. The number of carbonyl (C=O) groups excluding carboxylic acids is 1. The molecule has 0 unspecified atom stereocenters. The second-order valence-corrected chi connectivity index (χ2v) is 5.65. The van der Waals surface area contributed by atoms with Crippen molar-refractivity contribution in [3.8, 4) is 0 Å². The number of rotatable bonds is 4. The summed E-state index contributed by atoms with van der Waals surface area (Å²) >= 11 is 0. The standard InChI is InChI=1S/C11H13N5O3S/c1-16-14-7-10(15-16)11(17)13-6-8-2-4-9(5-3-8)20(12,18)19/h2-5,7H,6H2,1H3,(H,13,17)(H2,12,18,19). The molecule has 1 amide bonds. The van der Waals surface area contributed by atoms with Crippen LogP contribution in [0.15, 0.2) is 35.4 Å². The number of sulfonamides is 1. The van der Waals surface area contributed by atoms with Gasteiger partial charge in [-0.2, -0.15) is 9.90 Å². The molecule has 0 saturated heterocycles. The Bertz CT molecular complexity index is 721. The van der Waals surface area contributed by atoms with Crippen molar-refractivity contribution >= 4 is 15.9 Å². The van der Waals surface area contributed by atoms with E-state index in [1.165, 1.54) is 23.1 Å². The monoisotopic (exact) mass is 295 g/mol. The Morgan fingerprint density at radius 3 is 2.50 bits per heavy atom. The number of carbonyl (C=O) groups is 1. The maximum absolute atomic E-state index is 11.7. The van der Waals surface area contributed by atoms with Crippen LogP contribution in [-0.4, -0.2) is 29.3 Å². The molecule has 2 rings (SSSR count). The van der Waals surface area contributed by atoms with Crippen molar-refractivity contribution < 1.29 is 13.2 Å². The van der Waals surface area contributed by atoms with Gasteiger partial charge in [0.05, 0.1) is 11.1 Å². The number of amides is 1. The highest BCUT2D eigenvalue weighted by atomic mass is 32.2. The summed E-state index contributed by atoms with van der Waals surface area (Å²) in [4.78, 5) is 13.0. The van der Waals surface area contributed by atoms with E-state index in [-0.39, 0.29) is 23.0 Å². The number of primary sulfonamides is 1. The molecular weight excluding hydrogens is 282 g/mol. The SMILES string of the molecule is Cn1ncc(C(=O)NCc2ccc(S(N)(=O)=O)cc2)n1. The maximum Gasteiger partial charge on any atom is 0.273 e. The fraction of sp³-hybridized carbons (Fsp3) is 0.182. The summed E-state index contributed by atoms with van der Waals surface area (Å²) in [6.45, 7) is 0.250. The largest absolute Gasteiger partial charge is 0.347 e. The average Bonchev–Trinajstić information content (AvgIpc) is 2.82. The lowest BCUT2D eigenvalue weighted by molar-refractivity contribution is 0.0945. The molecule has 20 heavy (non-hydrogen) atoms. The van der Waals surface area contributed by atoms with Crippen LogP contribution in [0.3, 0.4) is 0 Å². The molecule has 2 aromatic rings. The van der Waals surface area contributed by atoms with E-state index in [2.05, 4.69) is 15.5 Å². The lowest BCUT2D eigenvalue weighted by Crippen LogP contribution is -2.23. The van der Waals surface area contributed by atoms with Crippen LogP contribution in [0.25, 0.3) is 0 Å². The second-order valence-electron chi connectivity index (χ2n) is 4.09. The van der Waals surface area contributed by atoms with E-state index in [4.69, 9.17) is 5.14 Å². The lowest BCUT2D eigenvalue weighted by atomic mass is 10.2. The van der Waals surface area contributed by atoms with Gasteiger partial charge >= 0.3 is 0 Å². The first-order chi connectivity index (χ1) is 9.36. The van der Waals surface area contributed by atoms with Gasteiger partial charge in [-0.3, -0.25) is 4.79 Å². The molecule has 9 heteroatoms. The highest BCUT2D eigenvalue weighted by Crippen LogP contribution is 2.08. The van der Waals surface area contributed by atoms with Crippen molar-refractivity contribution in [3.05, 3.63) is 41.7 Å². The van der Waals surface area contributed by atoms with E-state index in [0.29, 0.717) is 0 Å². The van der Waals surface area contributed by atoms with E-state index in [0.717, 1.165) is 5.56 Å². The molecule has 0 aliphatic rings. The molecule has 0 aliphatic heterocycles. The number of nitrogens with one attached hydrogen (secondary N) is 1. The lowest BCUT2D eigenvalue weighted by Gasteiger charge is -2.04. The van der Waals surface area contributed by atoms with Gasteiger partial charge in [0, 0.05) is 13.6 Å². The Morgan fingerprint density at radius 1 is 1.35 bits per heavy atom. The minimum atomic E-state index is -3.70. The number of nitrogens with zero attached hydrogens (tertiary/aromatic N) is 3. The van der Waals surface area contributed by atoms with E-state index >= 15 is 0 Å². The summed E-state index contributed by atoms with van der Waals surface area (Å²) in [5.74, 6) is -0.353. The number of nitrogens with two attached hydrogens (primary N) is 1. The van der Waals surface area contributed by atoms with Gasteiger partial charge < -0.3 is 5.32 Å². The summed E-state index contributed by atoms with van der Waals surface area (Å²) in [6, 6.07) is 5.94. The maximum atomic E-state index is 11.7. The number of hydrogen-bond acceptors (Lipinski definition) is 5. The molecule has 0 saturated carbocycles. The van der Waals surface area contributed by atoms with E-state index in [9.17, 15) is 13.2 Å². The Kier molecular flexibility index (Phi) is 3.81. The van der Waals surface area contributed by atoms with E-state index in [1.807, 2.05) is 0 Å². The Labute approximate surface area is 115 Å². The molecule has 0 aliphatic carbocycles. The minimum absolute atomic E-state index is 0.0292. The molecule has 0 bridgehead atoms. The van der Waals surface area contributed by atoms with Gasteiger partial charge in [0.15, 0.2) is 5.69 Å². The fourth-order valence-corrected chi connectivity index (χ4v) is 2.04. The van der Waals surface area contributed by atoms with Crippen molar-refractivity contribution in [2.24, 2.45) is 12.2 Å². The van der Waals surface area contributed by atoms with E-state index < -0.39 is 10.0 Å². The molecule has 0 spiro atoms. The zero-order valence-corrected chi connectivity index (χ0v) is 11.5. The van der Waals surface area contributed by atoms with Gasteiger partial charge in [-0.25, -0.2) is 13.6 Å². The Balaban J connectivity index is 1.99. The summed E-state index contributed by atoms with van der Waals surface area (Å²) in [7, 11) is -2.09. The summed E-state index contributed by atoms with van der Waals surface area (Å²) in [5.41, 5.74) is 0.961. The van der Waals surface area contributed by atoms with Crippen LogP contribution < -0.4 is 10.5 Å². The normalized spacial score (nSPS) is 11.3. The Hall–Kier alpha value is -2.26. The molecule has 1 heterocycles. The number of hydrogen-bond donors (Lipinski definition) is 2. The molecular formula is C11H13N5O3S. The van der Waals surface area contributed by atoms with E-state index in [1.54, 1.807) is 19.2 Å². The summed E-state index contributed by atoms with van der Waals surface area (Å²) < 4.78 is 22.2. The van der Waals surface area contributed by atoms with Crippen molar-refractivity contribution in [2.75, 3.05) is 0 Å². The molecule has 3 N–H and O–H groups in total. The summed E-state index contributed by atoms with van der Waals surface area (Å²) in [6.07, 6.45) is 1.36. The third kappa shape index (κ3) is 3.39. The number of aromatic nitrogens is 3. The second kappa shape index (κ2) is 5.39. The van der Waals surface area contributed by atoms with Crippen molar-refractivity contribution in [3.63, 3.8) is 0 Å². The molecule has 0 fully saturated rings.